The molecule has 0 aliphatic carbocycles. The van der Waals surface area contributed by atoms with Crippen LogP contribution in [0.3, 0.4) is 0 Å². The van der Waals surface area contributed by atoms with E-state index in [9.17, 15) is 0 Å². The number of hydrogen-bond donors (Lipinski definition) is 1. The maximum absolute atomic E-state index is 6.34. The van der Waals surface area contributed by atoms with E-state index in [0.717, 1.165) is 15.7 Å². The first kappa shape index (κ1) is 13.4. The molecule has 0 atom stereocenters. The van der Waals surface area contributed by atoms with Gasteiger partial charge in [0, 0.05) is 15.7 Å². The van der Waals surface area contributed by atoms with Crippen molar-refractivity contribution in [2.24, 2.45) is 0 Å². The Balaban J connectivity index is 2.16. The lowest BCUT2D eigenvalue weighted by Gasteiger charge is -2.13. The largest absolute Gasteiger partial charge is 0.398 e. The number of rotatable bonds is 1. The minimum Gasteiger partial charge on any atom is -0.398 e. The SMILES string of the molecule is Nc1ccc2ccc(Br)cc2c1-c1cccc2ccccc12. The van der Waals surface area contributed by atoms with Gasteiger partial charge in [-0.25, -0.2) is 0 Å². The highest BCUT2D eigenvalue weighted by Crippen LogP contribution is 2.38. The Hall–Kier alpha value is -2.32. The van der Waals surface area contributed by atoms with Crippen molar-refractivity contribution < 1.29 is 0 Å². The maximum atomic E-state index is 6.34. The minimum atomic E-state index is 0.807. The first-order valence-corrected chi connectivity index (χ1v) is 7.99. The van der Waals surface area contributed by atoms with Crippen molar-refractivity contribution in [1.82, 2.24) is 0 Å². The van der Waals surface area contributed by atoms with Gasteiger partial charge >= 0.3 is 0 Å². The van der Waals surface area contributed by atoms with Crippen LogP contribution in [0, 0.1) is 0 Å². The molecule has 0 unspecified atom stereocenters. The van der Waals surface area contributed by atoms with E-state index < -0.39 is 0 Å². The van der Waals surface area contributed by atoms with Gasteiger partial charge in [0.05, 0.1) is 0 Å². The Kier molecular flexibility index (Phi) is 3.12. The fourth-order valence-electron chi connectivity index (χ4n) is 3.05. The zero-order valence-electron chi connectivity index (χ0n) is 11.9. The third kappa shape index (κ3) is 2.08. The summed E-state index contributed by atoms with van der Waals surface area (Å²) in [7, 11) is 0. The first-order chi connectivity index (χ1) is 10.7. The second-order valence-corrected chi connectivity index (χ2v) is 6.34. The highest BCUT2D eigenvalue weighted by atomic mass is 79.9. The molecule has 22 heavy (non-hydrogen) atoms. The van der Waals surface area contributed by atoms with Gasteiger partial charge in [0.2, 0.25) is 0 Å². The molecule has 0 aliphatic rings. The van der Waals surface area contributed by atoms with Crippen LogP contribution < -0.4 is 5.73 Å². The minimum absolute atomic E-state index is 0.807. The topological polar surface area (TPSA) is 26.0 Å². The van der Waals surface area contributed by atoms with E-state index in [-0.39, 0.29) is 0 Å². The third-order valence-corrected chi connectivity index (χ3v) is 4.57. The molecule has 0 aromatic heterocycles. The van der Waals surface area contributed by atoms with Crippen molar-refractivity contribution >= 4 is 43.2 Å². The number of anilines is 1. The Morgan fingerprint density at radius 3 is 2.32 bits per heavy atom. The molecule has 4 rings (SSSR count). The maximum Gasteiger partial charge on any atom is 0.0400 e. The predicted molar refractivity (Wildman–Crippen MR) is 99.0 cm³/mol. The molecule has 0 fully saturated rings. The van der Waals surface area contributed by atoms with Gasteiger partial charge in [-0.05, 0) is 45.3 Å². The number of fused-ring (bicyclic) bond motifs is 2. The summed E-state index contributed by atoms with van der Waals surface area (Å²) in [6, 6.07) is 25.2. The molecule has 0 saturated heterocycles. The highest BCUT2D eigenvalue weighted by Gasteiger charge is 2.11. The molecular formula is C20H14BrN. The van der Waals surface area contributed by atoms with E-state index in [4.69, 9.17) is 5.73 Å². The summed E-state index contributed by atoms with van der Waals surface area (Å²) in [4.78, 5) is 0. The van der Waals surface area contributed by atoms with Crippen molar-refractivity contribution in [2.45, 2.75) is 0 Å². The standard InChI is InChI=1S/C20H14BrN/c21-15-10-8-14-9-11-19(22)20(18(14)12-15)17-7-3-5-13-4-1-2-6-16(13)17/h1-12H,22H2. The van der Waals surface area contributed by atoms with Gasteiger partial charge in [0.1, 0.15) is 0 Å². The van der Waals surface area contributed by atoms with Crippen LogP contribution in [0.25, 0.3) is 32.7 Å². The van der Waals surface area contributed by atoms with Crippen LogP contribution in [-0.4, -0.2) is 0 Å². The van der Waals surface area contributed by atoms with Crippen molar-refractivity contribution in [3.8, 4) is 11.1 Å². The van der Waals surface area contributed by atoms with Gasteiger partial charge in [0.15, 0.2) is 0 Å². The lowest BCUT2D eigenvalue weighted by atomic mass is 9.93. The smallest absolute Gasteiger partial charge is 0.0400 e. The van der Waals surface area contributed by atoms with Crippen LogP contribution in [0.4, 0.5) is 5.69 Å². The lowest BCUT2D eigenvalue weighted by Crippen LogP contribution is -1.92. The Morgan fingerprint density at radius 1 is 0.682 bits per heavy atom. The van der Waals surface area contributed by atoms with E-state index in [0.29, 0.717) is 0 Å². The van der Waals surface area contributed by atoms with E-state index >= 15 is 0 Å². The van der Waals surface area contributed by atoms with E-state index in [2.05, 4.69) is 82.7 Å². The predicted octanol–water partition coefficient (Wildman–Crippen LogP) is 6.00. The average molecular weight is 348 g/mol. The van der Waals surface area contributed by atoms with Gasteiger partial charge in [0.25, 0.3) is 0 Å². The molecule has 4 aromatic carbocycles. The van der Waals surface area contributed by atoms with Gasteiger partial charge in [-0.3, -0.25) is 0 Å². The molecule has 1 nitrogen and oxygen atoms in total. The molecule has 0 spiro atoms. The van der Waals surface area contributed by atoms with Crippen LogP contribution in [0.15, 0.2) is 77.3 Å². The van der Waals surface area contributed by atoms with Gasteiger partial charge in [-0.2, -0.15) is 0 Å². The zero-order valence-corrected chi connectivity index (χ0v) is 13.5. The summed E-state index contributed by atoms with van der Waals surface area (Å²) < 4.78 is 1.06. The summed E-state index contributed by atoms with van der Waals surface area (Å²) in [6.45, 7) is 0. The summed E-state index contributed by atoms with van der Waals surface area (Å²) in [6.07, 6.45) is 0. The van der Waals surface area contributed by atoms with Crippen molar-refractivity contribution in [3.05, 3.63) is 77.3 Å². The Bertz CT molecular complexity index is 994. The van der Waals surface area contributed by atoms with E-state index in [1.54, 1.807) is 0 Å². The monoisotopic (exact) mass is 347 g/mol. The van der Waals surface area contributed by atoms with Crippen LogP contribution in [-0.2, 0) is 0 Å². The number of nitrogen functional groups attached to an aromatic ring is 1. The Labute approximate surface area is 137 Å². The zero-order chi connectivity index (χ0) is 15.1. The lowest BCUT2D eigenvalue weighted by molar-refractivity contribution is 1.65. The number of benzene rings is 4. The summed E-state index contributed by atoms with van der Waals surface area (Å²) in [5.74, 6) is 0. The fourth-order valence-corrected chi connectivity index (χ4v) is 3.41. The van der Waals surface area contributed by atoms with Crippen molar-refractivity contribution in [1.29, 1.82) is 0 Å². The quantitative estimate of drug-likeness (QED) is 0.419. The van der Waals surface area contributed by atoms with Gasteiger partial charge in [-0.1, -0.05) is 70.5 Å². The molecule has 0 aliphatic heterocycles. The van der Waals surface area contributed by atoms with Crippen molar-refractivity contribution in [2.75, 3.05) is 5.73 Å². The molecule has 0 saturated carbocycles. The van der Waals surface area contributed by atoms with Crippen LogP contribution in [0.2, 0.25) is 0 Å². The molecule has 0 heterocycles. The fraction of sp³-hybridized carbons (Fsp3) is 0. The van der Waals surface area contributed by atoms with Crippen LogP contribution >= 0.6 is 15.9 Å². The molecule has 2 heteroatoms. The first-order valence-electron chi connectivity index (χ1n) is 7.20. The summed E-state index contributed by atoms with van der Waals surface area (Å²) in [5, 5.41) is 4.82. The molecule has 106 valence electrons. The highest BCUT2D eigenvalue weighted by molar-refractivity contribution is 9.10. The van der Waals surface area contributed by atoms with Crippen molar-refractivity contribution in [3.63, 3.8) is 0 Å². The molecule has 4 aromatic rings. The van der Waals surface area contributed by atoms with E-state index in [1.165, 1.54) is 27.1 Å². The molecule has 2 N–H and O–H groups in total. The Morgan fingerprint density at radius 2 is 1.41 bits per heavy atom. The summed E-state index contributed by atoms with van der Waals surface area (Å²) >= 11 is 3.57. The summed E-state index contributed by atoms with van der Waals surface area (Å²) in [5.41, 5.74) is 9.44. The van der Waals surface area contributed by atoms with Gasteiger partial charge in [-0.15, -0.1) is 0 Å². The molecule has 0 bridgehead atoms. The van der Waals surface area contributed by atoms with Gasteiger partial charge < -0.3 is 5.73 Å². The molecule has 0 radical (unpaired) electrons. The van der Waals surface area contributed by atoms with Crippen LogP contribution in [0.1, 0.15) is 0 Å². The van der Waals surface area contributed by atoms with E-state index in [1.807, 2.05) is 6.07 Å². The number of nitrogens with two attached hydrogens (primary N) is 1. The second kappa shape index (κ2) is 5.15. The third-order valence-electron chi connectivity index (χ3n) is 4.07. The number of hydrogen-bond acceptors (Lipinski definition) is 1. The number of halogens is 1. The molecular weight excluding hydrogens is 334 g/mol. The second-order valence-electron chi connectivity index (χ2n) is 5.42. The average Bonchev–Trinajstić information content (AvgIpc) is 2.54. The molecule has 0 amide bonds. The normalized spacial score (nSPS) is 11.1. The van der Waals surface area contributed by atoms with Crippen LogP contribution in [0.5, 0.6) is 0 Å².